The molecule has 116 valence electrons. The van der Waals surface area contributed by atoms with Crippen LogP contribution in [-0.2, 0) is 6.42 Å². The van der Waals surface area contributed by atoms with Gasteiger partial charge in [0, 0.05) is 18.2 Å². The second-order valence-electron chi connectivity index (χ2n) is 5.78. The molecule has 24 heavy (non-hydrogen) atoms. The highest BCUT2D eigenvalue weighted by atomic mass is 16.1. The van der Waals surface area contributed by atoms with Crippen molar-refractivity contribution in [3.63, 3.8) is 0 Å². The molecule has 0 saturated heterocycles. The minimum absolute atomic E-state index is 0.0817. The molecule has 0 saturated carbocycles. The van der Waals surface area contributed by atoms with Crippen molar-refractivity contribution in [2.45, 2.75) is 6.42 Å². The van der Waals surface area contributed by atoms with E-state index in [9.17, 15) is 4.79 Å². The van der Waals surface area contributed by atoms with E-state index in [4.69, 9.17) is 0 Å². The fraction of sp³-hybridized carbons (Fsp3) is 0.0476. The van der Waals surface area contributed by atoms with Crippen LogP contribution in [0.25, 0.3) is 0 Å². The van der Waals surface area contributed by atoms with Gasteiger partial charge in [0.25, 0.3) is 0 Å². The van der Waals surface area contributed by atoms with Crippen LogP contribution in [-0.4, -0.2) is 19.8 Å². The number of carbonyl (C=O) groups is 1. The van der Waals surface area contributed by atoms with E-state index in [2.05, 4.69) is 25.0 Å². The van der Waals surface area contributed by atoms with E-state index >= 15 is 0 Å². The van der Waals surface area contributed by atoms with Crippen molar-refractivity contribution in [2.24, 2.45) is 4.99 Å². The van der Waals surface area contributed by atoms with Crippen LogP contribution in [0.3, 0.4) is 0 Å². The molecular formula is C21H18BNO. The van der Waals surface area contributed by atoms with E-state index in [0.29, 0.717) is 17.7 Å². The molecule has 0 aliphatic rings. The normalized spacial score (nSPS) is 10.8. The first-order valence-corrected chi connectivity index (χ1v) is 7.99. The summed E-state index contributed by atoms with van der Waals surface area (Å²) in [5, 5.41) is 0. The molecule has 0 aliphatic carbocycles. The predicted molar refractivity (Wildman–Crippen MR) is 103 cm³/mol. The highest BCUT2D eigenvalue weighted by Gasteiger charge is 2.10. The number of benzene rings is 3. The van der Waals surface area contributed by atoms with E-state index in [1.54, 1.807) is 0 Å². The minimum Gasteiger partial charge on any atom is -0.294 e. The molecule has 0 bridgehead atoms. The van der Waals surface area contributed by atoms with Crippen LogP contribution in [0.2, 0.25) is 0 Å². The highest BCUT2D eigenvalue weighted by Crippen LogP contribution is 2.20. The number of carbonyl (C=O) groups excluding carboxylic acids is 1. The molecule has 0 aliphatic heterocycles. The summed E-state index contributed by atoms with van der Waals surface area (Å²) < 4.78 is 0. The Balaban J connectivity index is 1.84. The molecule has 0 atom stereocenters. The third kappa shape index (κ3) is 4.08. The van der Waals surface area contributed by atoms with Gasteiger partial charge in [0.1, 0.15) is 7.85 Å². The van der Waals surface area contributed by atoms with Gasteiger partial charge in [0.15, 0.2) is 5.78 Å². The summed E-state index contributed by atoms with van der Waals surface area (Å²) in [6.07, 6.45) is 2.19. The third-order valence-electron chi connectivity index (χ3n) is 3.81. The Morgan fingerprint density at radius 3 is 2.46 bits per heavy atom. The Hall–Kier alpha value is -2.94. The number of hydrogen-bond donors (Lipinski definition) is 0. The lowest BCUT2D eigenvalue weighted by molar-refractivity contribution is 0.0993. The van der Waals surface area contributed by atoms with E-state index in [1.807, 2.05) is 72.9 Å². The van der Waals surface area contributed by atoms with Crippen LogP contribution in [0.1, 0.15) is 21.5 Å². The molecule has 0 fully saturated rings. The van der Waals surface area contributed by atoms with Crippen molar-refractivity contribution < 1.29 is 4.79 Å². The van der Waals surface area contributed by atoms with Crippen molar-refractivity contribution >= 4 is 31.0 Å². The summed E-state index contributed by atoms with van der Waals surface area (Å²) in [6.45, 7) is 0. The van der Waals surface area contributed by atoms with Crippen molar-refractivity contribution in [3.8, 4) is 0 Å². The van der Waals surface area contributed by atoms with Crippen molar-refractivity contribution in [1.29, 1.82) is 0 Å². The zero-order valence-electron chi connectivity index (χ0n) is 13.6. The van der Waals surface area contributed by atoms with Crippen LogP contribution in [0.5, 0.6) is 0 Å². The van der Waals surface area contributed by atoms with Crippen LogP contribution in [0, 0.1) is 0 Å². The molecule has 3 rings (SSSR count). The van der Waals surface area contributed by atoms with Gasteiger partial charge in [-0.25, -0.2) is 0 Å². The Morgan fingerprint density at radius 1 is 0.917 bits per heavy atom. The summed E-state index contributed by atoms with van der Waals surface area (Å²) >= 11 is 0. The zero-order valence-corrected chi connectivity index (χ0v) is 13.6. The number of hydrogen-bond acceptors (Lipinski definition) is 2. The van der Waals surface area contributed by atoms with Gasteiger partial charge < -0.3 is 0 Å². The Kier molecular flexibility index (Phi) is 5.02. The fourth-order valence-corrected chi connectivity index (χ4v) is 2.59. The summed E-state index contributed by atoms with van der Waals surface area (Å²) in [7, 11) is 2.05. The van der Waals surface area contributed by atoms with Gasteiger partial charge in [-0.3, -0.25) is 9.79 Å². The molecule has 0 unspecified atom stereocenters. The molecule has 0 radical (unpaired) electrons. The first kappa shape index (κ1) is 15.9. The van der Waals surface area contributed by atoms with Crippen molar-refractivity contribution in [1.82, 2.24) is 0 Å². The first-order chi connectivity index (χ1) is 11.7. The van der Waals surface area contributed by atoms with Gasteiger partial charge in [-0.1, -0.05) is 72.2 Å². The molecule has 3 heteroatoms. The lowest BCUT2D eigenvalue weighted by atomic mass is 9.95. The van der Waals surface area contributed by atoms with E-state index in [-0.39, 0.29) is 5.78 Å². The average molecular weight is 311 g/mol. The first-order valence-electron chi connectivity index (χ1n) is 7.99. The smallest absolute Gasteiger partial charge is 0.169 e. The Morgan fingerprint density at radius 2 is 1.67 bits per heavy atom. The largest absolute Gasteiger partial charge is 0.294 e. The van der Waals surface area contributed by atoms with Crippen molar-refractivity contribution in [2.75, 3.05) is 0 Å². The maximum absolute atomic E-state index is 12.6. The molecule has 2 nitrogen and oxygen atoms in total. The maximum atomic E-state index is 12.6. The van der Waals surface area contributed by atoms with Gasteiger partial charge in [-0.2, -0.15) is 0 Å². The van der Waals surface area contributed by atoms with Crippen molar-refractivity contribution in [3.05, 3.63) is 95.6 Å². The summed E-state index contributed by atoms with van der Waals surface area (Å²) in [6, 6.07) is 25.4. The number of Topliss-reactive ketones (excluding diaryl/α,β-unsaturated/α-hetero) is 1. The standard InChI is InChI=1S/C21H18BNO/c22-18-10-6-9-17(13-18)15-23-20-12-5-4-11-19(20)21(24)14-16-7-2-1-3-8-16/h1-13,15H,14,22H2/b23-15+. The number of aliphatic imine (C=N–C) groups is 1. The molecule has 3 aromatic carbocycles. The number of nitrogens with zero attached hydrogens (tertiary/aromatic N) is 1. The van der Waals surface area contributed by atoms with Gasteiger partial charge >= 0.3 is 0 Å². The SMILES string of the molecule is Bc1cccc(/C=N/c2ccccc2C(=O)Cc2ccccc2)c1. The van der Waals surface area contributed by atoms with Gasteiger partial charge in [-0.15, -0.1) is 0 Å². The van der Waals surface area contributed by atoms with E-state index in [1.165, 1.54) is 5.46 Å². The fourth-order valence-electron chi connectivity index (χ4n) is 2.59. The van der Waals surface area contributed by atoms with E-state index < -0.39 is 0 Å². The van der Waals surface area contributed by atoms with Crippen LogP contribution in [0.15, 0.2) is 83.9 Å². The quantitative estimate of drug-likeness (QED) is 0.404. The van der Waals surface area contributed by atoms with Crippen LogP contribution < -0.4 is 5.46 Å². The number of rotatable bonds is 5. The predicted octanol–water partition coefficient (Wildman–Crippen LogP) is 3.12. The maximum Gasteiger partial charge on any atom is 0.169 e. The monoisotopic (exact) mass is 311 g/mol. The third-order valence-corrected chi connectivity index (χ3v) is 3.81. The number of ketones is 1. The molecule has 0 N–H and O–H groups in total. The van der Waals surface area contributed by atoms with Gasteiger partial charge in [-0.05, 0) is 23.3 Å². The summed E-state index contributed by atoms with van der Waals surface area (Å²) in [4.78, 5) is 17.2. The highest BCUT2D eigenvalue weighted by molar-refractivity contribution is 6.32. The molecule has 3 aromatic rings. The topological polar surface area (TPSA) is 29.4 Å². The van der Waals surface area contributed by atoms with Crippen LogP contribution >= 0.6 is 0 Å². The summed E-state index contributed by atoms with van der Waals surface area (Å²) in [5.74, 6) is 0.0817. The lowest BCUT2D eigenvalue weighted by Gasteiger charge is -2.05. The van der Waals surface area contributed by atoms with Crippen LogP contribution in [0.4, 0.5) is 5.69 Å². The second kappa shape index (κ2) is 7.56. The minimum atomic E-state index is 0.0817. The summed E-state index contributed by atoms with van der Waals surface area (Å²) in [5.41, 5.74) is 4.60. The number of para-hydroxylation sites is 1. The van der Waals surface area contributed by atoms with Gasteiger partial charge in [0.05, 0.1) is 5.69 Å². The second-order valence-corrected chi connectivity index (χ2v) is 5.78. The molecule has 0 amide bonds. The zero-order chi connectivity index (χ0) is 16.8. The van der Waals surface area contributed by atoms with Gasteiger partial charge in [0.2, 0.25) is 0 Å². The molecule has 0 spiro atoms. The lowest BCUT2D eigenvalue weighted by Crippen LogP contribution is -2.04. The Bertz CT molecular complexity index is 872. The molecule has 0 heterocycles. The molecular weight excluding hydrogens is 293 g/mol. The Labute approximate surface area is 143 Å². The van der Waals surface area contributed by atoms with E-state index in [0.717, 1.165) is 11.1 Å². The average Bonchev–Trinajstić information content (AvgIpc) is 2.61. The molecule has 0 aromatic heterocycles.